The number of rotatable bonds is 4. The quantitative estimate of drug-likeness (QED) is 0.829. The van der Waals surface area contributed by atoms with Gasteiger partial charge in [0.25, 0.3) is 5.91 Å². The molecule has 0 radical (unpaired) electrons. The van der Waals surface area contributed by atoms with E-state index in [9.17, 15) is 9.59 Å². The fourth-order valence-corrected chi connectivity index (χ4v) is 3.17. The van der Waals surface area contributed by atoms with Gasteiger partial charge in [-0.2, -0.15) is 5.10 Å². The van der Waals surface area contributed by atoms with Crippen molar-refractivity contribution >= 4 is 11.8 Å². The number of hydrogen-bond acceptors (Lipinski definition) is 4. The van der Waals surface area contributed by atoms with E-state index in [2.05, 4.69) is 15.4 Å². The highest BCUT2D eigenvalue weighted by molar-refractivity contribution is 5.93. The van der Waals surface area contributed by atoms with Crippen LogP contribution in [0.25, 0.3) is 5.69 Å². The van der Waals surface area contributed by atoms with Crippen molar-refractivity contribution in [2.24, 2.45) is 11.7 Å². The average molecular weight is 327 g/mol. The number of pyridine rings is 1. The van der Waals surface area contributed by atoms with Crippen LogP contribution in [0.5, 0.6) is 0 Å². The van der Waals surface area contributed by atoms with Gasteiger partial charge in [0.05, 0.1) is 11.6 Å². The molecule has 0 saturated heterocycles. The maximum Gasteiger partial charge on any atom is 0.270 e. The number of amides is 2. The lowest BCUT2D eigenvalue weighted by molar-refractivity contribution is -0.122. The van der Waals surface area contributed by atoms with Crippen molar-refractivity contribution in [2.75, 3.05) is 0 Å². The van der Waals surface area contributed by atoms with E-state index in [1.807, 2.05) is 6.07 Å². The SMILES string of the molecule is NC(=O)[C@H]1CCCCC[C@H]1NC(=O)c1cc(-n2cccn2)ccn1. The fraction of sp³-hybridized carbons (Fsp3) is 0.412. The highest BCUT2D eigenvalue weighted by Crippen LogP contribution is 2.23. The maximum atomic E-state index is 12.6. The molecule has 2 aromatic heterocycles. The summed E-state index contributed by atoms with van der Waals surface area (Å²) in [5, 5.41) is 7.09. The number of primary amides is 1. The zero-order valence-electron chi connectivity index (χ0n) is 13.4. The summed E-state index contributed by atoms with van der Waals surface area (Å²) in [6.07, 6.45) is 9.53. The van der Waals surface area contributed by atoms with Crippen LogP contribution in [0.15, 0.2) is 36.8 Å². The number of hydrogen-bond donors (Lipinski definition) is 2. The van der Waals surface area contributed by atoms with Crippen LogP contribution in [-0.4, -0.2) is 32.6 Å². The van der Waals surface area contributed by atoms with E-state index in [1.165, 1.54) is 0 Å². The standard InChI is InChI=1S/C17H21N5O2/c18-16(23)13-5-2-1-3-6-14(13)21-17(24)15-11-12(7-9-19-15)22-10-4-8-20-22/h4,7-11,13-14H,1-3,5-6H2,(H2,18,23)(H,21,24)/t13-,14+/m0/s1. The molecule has 1 saturated carbocycles. The molecule has 2 heterocycles. The monoisotopic (exact) mass is 327 g/mol. The third-order valence-electron chi connectivity index (χ3n) is 4.44. The molecule has 0 bridgehead atoms. The summed E-state index contributed by atoms with van der Waals surface area (Å²) in [5.41, 5.74) is 6.57. The number of carbonyl (C=O) groups excluding carboxylic acids is 2. The largest absolute Gasteiger partial charge is 0.369 e. The number of aromatic nitrogens is 3. The summed E-state index contributed by atoms with van der Waals surface area (Å²) in [6.45, 7) is 0. The Labute approximate surface area is 140 Å². The Hall–Kier alpha value is -2.70. The average Bonchev–Trinajstić information content (AvgIpc) is 3.02. The summed E-state index contributed by atoms with van der Waals surface area (Å²) in [6, 6.07) is 5.04. The summed E-state index contributed by atoms with van der Waals surface area (Å²) in [4.78, 5) is 28.4. The molecule has 3 rings (SSSR count). The molecule has 3 N–H and O–H groups in total. The molecule has 2 atom stereocenters. The van der Waals surface area contributed by atoms with Crippen molar-refractivity contribution in [3.63, 3.8) is 0 Å². The molecule has 7 nitrogen and oxygen atoms in total. The van der Waals surface area contributed by atoms with Crippen LogP contribution in [0.1, 0.15) is 42.6 Å². The molecule has 0 unspecified atom stereocenters. The zero-order chi connectivity index (χ0) is 16.9. The smallest absolute Gasteiger partial charge is 0.270 e. The van der Waals surface area contributed by atoms with Gasteiger partial charge in [-0.05, 0) is 31.0 Å². The van der Waals surface area contributed by atoms with Gasteiger partial charge in [-0.25, -0.2) is 4.68 Å². The van der Waals surface area contributed by atoms with Crippen LogP contribution in [-0.2, 0) is 4.79 Å². The molecule has 24 heavy (non-hydrogen) atoms. The predicted octanol–water partition coefficient (Wildman–Crippen LogP) is 1.43. The highest BCUT2D eigenvalue weighted by atomic mass is 16.2. The number of carbonyl (C=O) groups is 2. The molecule has 0 aromatic carbocycles. The first-order valence-electron chi connectivity index (χ1n) is 8.21. The topological polar surface area (TPSA) is 103 Å². The van der Waals surface area contributed by atoms with Crippen LogP contribution in [0, 0.1) is 5.92 Å². The van der Waals surface area contributed by atoms with Crippen LogP contribution in [0.3, 0.4) is 0 Å². The fourth-order valence-electron chi connectivity index (χ4n) is 3.17. The Morgan fingerprint density at radius 3 is 2.79 bits per heavy atom. The van der Waals surface area contributed by atoms with E-state index in [0.29, 0.717) is 5.69 Å². The normalized spacial score (nSPS) is 21.0. The maximum absolute atomic E-state index is 12.6. The lowest BCUT2D eigenvalue weighted by Gasteiger charge is -2.23. The van der Waals surface area contributed by atoms with Crippen molar-refractivity contribution in [3.8, 4) is 5.69 Å². The van der Waals surface area contributed by atoms with Crippen LogP contribution >= 0.6 is 0 Å². The van der Waals surface area contributed by atoms with Crippen molar-refractivity contribution < 1.29 is 9.59 Å². The minimum atomic E-state index is -0.347. The molecular weight excluding hydrogens is 306 g/mol. The summed E-state index contributed by atoms with van der Waals surface area (Å²) in [5.74, 6) is -0.951. The Bertz CT molecular complexity index is 714. The Balaban J connectivity index is 1.76. The van der Waals surface area contributed by atoms with Gasteiger partial charge < -0.3 is 11.1 Å². The molecular formula is C17H21N5O2. The van der Waals surface area contributed by atoms with Crippen molar-refractivity contribution in [3.05, 3.63) is 42.5 Å². The van der Waals surface area contributed by atoms with Crippen molar-refractivity contribution in [1.82, 2.24) is 20.1 Å². The van der Waals surface area contributed by atoms with Crippen LogP contribution in [0.2, 0.25) is 0 Å². The first-order chi connectivity index (χ1) is 11.6. The second-order valence-corrected chi connectivity index (χ2v) is 6.08. The molecule has 2 aromatic rings. The minimum Gasteiger partial charge on any atom is -0.369 e. The van der Waals surface area contributed by atoms with Crippen molar-refractivity contribution in [1.29, 1.82) is 0 Å². The van der Waals surface area contributed by atoms with E-state index in [0.717, 1.165) is 37.8 Å². The molecule has 2 amide bonds. The highest BCUT2D eigenvalue weighted by Gasteiger charge is 2.29. The van der Waals surface area contributed by atoms with Gasteiger partial charge in [0.1, 0.15) is 5.69 Å². The number of nitrogens with two attached hydrogens (primary N) is 1. The van der Waals surface area contributed by atoms with Gasteiger partial charge >= 0.3 is 0 Å². The molecule has 126 valence electrons. The zero-order valence-corrected chi connectivity index (χ0v) is 13.4. The Morgan fingerprint density at radius 1 is 1.21 bits per heavy atom. The summed E-state index contributed by atoms with van der Waals surface area (Å²) in [7, 11) is 0. The van der Waals surface area contributed by atoms with E-state index >= 15 is 0 Å². The number of nitrogens with zero attached hydrogens (tertiary/aromatic N) is 3. The summed E-state index contributed by atoms with van der Waals surface area (Å²) < 4.78 is 1.66. The van der Waals surface area contributed by atoms with Gasteiger partial charge in [-0.15, -0.1) is 0 Å². The molecule has 1 fully saturated rings. The molecule has 0 aliphatic heterocycles. The van der Waals surface area contributed by atoms with Crippen LogP contribution in [0.4, 0.5) is 0 Å². The predicted molar refractivity (Wildman–Crippen MR) is 88.4 cm³/mol. The second-order valence-electron chi connectivity index (χ2n) is 6.08. The Kier molecular flexibility index (Phi) is 4.88. The van der Waals surface area contributed by atoms with Crippen molar-refractivity contribution in [2.45, 2.75) is 38.1 Å². The first-order valence-corrected chi connectivity index (χ1v) is 8.21. The first kappa shape index (κ1) is 16.2. The van der Waals surface area contributed by atoms with E-state index in [4.69, 9.17) is 5.73 Å². The Morgan fingerprint density at radius 2 is 2.04 bits per heavy atom. The van der Waals surface area contributed by atoms with Gasteiger partial charge in [-0.3, -0.25) is 14.6 Å². The minimum absolute atomic E-state index is 0.229. The third-order valence-corrected chi connectivity index (χ3v) is 4.44. The van der Waals surface area contributed by atoms with Gasteiger partial charge in [0, 0.05) is 24.6 Å². The second kappa shape index (κ2) is 7.25. The van der Waals surface area contributed by atoms with Gasteiger partial charge in [0.2, 0.25) is 5.91 Å². The molecule has 7 heteroatoms. The lowest BCUT2D eigenvalue weighted by Crippen LogP contribution is -2.45. The van der Waals surface area contributed by atoms with E-state index < -0.39 is 0 Å². The van der Waals surface area contributed by atoms with Gasteiger partial charge in [-0.1, -0.05) is 19.3 Å². The van der Waals surface area contributed by atoms with E-state index in [1.54, 1.807) is 35.4 Å². The lowest BCUT2D eigenvalue weighted by atomic mass is 9.94. The molecule has 1 aliphatic carbocycles. The number of nitrogens with one attached hydrogen (secondary N) is 1. The molecule has 0 spiro atoms. The van der Waals surface area contributed by atoms with E-state index in [-0.39, 0.29) is 23.8 Å². The van der Waals surface area contributed by atoms with Crippen LogP contribution < -0.4 is 11.1 Å². The third kappa shape index (κ3) is 3.61. The summed E-state index contributed by atoms with van der Waals surface area (Å²) >= 11 is 0. The molecule has 1 aliphatic rings. The van der Waals surface area contributed by atoms with Gasteiger partial charge in [0.15, 0.2) is 0 Å².